The Morgan fingerprint density at radius 1 is 1.07 bits per heavy atom. The van der Waals surface area contributed by atoms with E-state index in [0.29, 0.717) is 13.0 Å². The number of nitrogens with one attached hydrogen (secondary N) is 1. The molecule has 150 valence electrons. The molecule has 0 bridgehead atoms. The summed E-state index contributed by atoms with van der Waals surface area (Å²) in [6.07, 6.45) is 4.00. The lowest BCUT2D eigenvalue weighted by molar-refractivity contribution is -0.132. The van der Waals surface area contributed by atoms with Gasteiger partial charge in [0, 0.05) is 32.4 Å². The molecule has 2 aromatic rings. The largest absolute Gasteiger partial charge is 0.444 e. The van der Waals surface area contributed by atoms with Crippen molar-refractivity contribution < 1.29 is 14.3 Å². The monoisotopic (exact) mass is 383 g/mol. The van der Waals surface area contributed by atoms with E-state index in [2.05, 4.69) is 10.3 Å². The van der Waals surface area contributed by atoms with Gasteiger partial charge in [0.15, 0.2) is 0 Å². The van der Waals surface area contributed by atoms with E-state index in [1.165, 1.54) is 0 Å². The second-order valence-electron chi connectivity index (χ2n) is 7.75. The zero-order chi connectivity index (χ0) is 20.6. The summed E-state index contributed by atoms with van der Waals surface area (Å²) in [4.78, 5) is 30.9. The number of hydrogen-bond acceptors (Lipinski definition) is 4. The van der Waals surface area contributed by atoms with Crippen LogP contribution in [0.1, 0.15) is 31.9 Å². The minimum Gasteiger partial charge on any atom is -0.444 e. The molecule has 6 heteroatoms. The lowest BCUT2D eigenvalue weighted by Crippen LogP contribution is -2.50. The predicted octanol–water partition coefficient (Wildman–Crippen LogP) is 3.22. The van der Waals surface area contributed by atoms with Crippen molar-refractivity contribution in [3.63, 3.8) is 0 Å². The van der Waals surface area contributed by atoms with Crippen LogP contribution in [0.2, 0.25) is 0 Å². The van der Waals surface area contributed by atoms with Gasteiger partial charge in [-0.05, 0) is 50.5 Å². The van der Waals surface area contributed by atoms with Crippen molar-refractivity contribution in [3.8, 4) is 0 Å². The topological polar surface area (TPSA) is 71.5 Å². The van der Waals surface area contributed by atoms with Gasteiger partial charge in [0.2, 0.25) is 5.91 Å². The molecule has 2 amide bonds. The molecule has 28 heavy (non-hydrogen) atoms. The first-order valence-electron chi connectivity index (χ1n) is 9.42. The summed E-state index contributed by atoms with van der Waals surface area (Å²) in [7, 11) is 1.75. The van der Waals surface area contributed by atoms with Crippen molar-refractivity contribution >= 4 is 12.0 Å². The van der Waals surface area contributed by atoms with Gasteiger partial charge in [-0.25, -0.2) is 4.79 Å². The number of ether oxygens (including phenoxy) is 1. The summed E-state index contributed by atoms with van der Waals surface area (Å²) in [6.45, 7) is 5.93. The van der Waals surface area contributed by atoms with Gasteiger partial charge in [-0.3, -0.25) is 9.78 Å². The van der Waals surface area contributed by atoms with Gasteiger partial charge in [0.25, 0.3) is 0 Å². The fourth-order valence-corrected chi connectivity index (χ4v) is 2.72. The molecule has 0 saturated heterocycles. The smallest absolute Gasteiger partial charge is 0.408 e. The van der Waals surface area contributed by atoms with Crippen molar-refractivity contribution in [1.82, 2.24) is 15.2 Å². The molecule has 0 aliphatic rings. The summed E-state index contributed by atoms with van der Waals surface area (Å²) >= 11 is 0. The highest BCUT2D eigenvalue weighted by Crippen LogP contribution is 2.10. The minimum absolute atomic E-state index is 0.149. The van der Waals surface area contributed by atoms with Crippen molar-refractivity contribution in [1.29, 1.82) is 0 Å². The van der Waals surface area contributed by atoms with Crippen molar-refractivity contribution in [2.45, 2.75) is 45.3 Å². The Balaban J connectivity index is 2.05. The number of amides is 2. The van der Waals surface area contributed by atoms with E-state index in [1.54, 1.807) is 45.1 Å². The predicted molar refractivity (Wildman–Crippen MR) is 109 cm³/mol. The number of alkyl carbamates (subject to hydrolysis) is 1. The van der Waals surface area contributed by atoms with Crippen LogP contribution >= 0.6 is 0 Å². The second kappa shape index (κ2) is 9.88. The molecular weight excluding hydrogens is 354 g/mol. The average Bonchev–Trinajstić information content (AvgIpc) is 2.65. The van der Waals surface area contributed by atoms with Crippen LogP contribution in [0, 0.1) is 0 Å². The standard InChI is InChI=1S/C22H29N3O3/c1-22(2,3)28-21(27)24-19(16-18-8-6-5-7-9-18)20(26)25(4)15-12-17-10-13-23-14-11-17/h5-11,13-14,19H,12,15-16H2,1-4H3,(H,24,27). The third kappa shape index (κ3) is 7.39. The van der Waals surface area contributed by atoms with Crippen LogP contribution in [-0.4, -0.2) is 47.1 Å². The zero-order valence-corrected chi connectivity index (χ0v) is 17.0. The molecule has 0 spiro atoms. The summed E-state index contributed by atoms with van der Waals surface area (Å²) in [5, 5.41) is 2.74. The molecule has 1 N–H and O–H groups in total. The van der Waals surface area contributed by atoms with Crippen molar-refractivity contribution in [3.05, 3.63) is 66.0 Å². The number of carbonyl (C=O) groups is 2. The van der Waals surface area contributed by atoms with Crippen LogP contribution < -0.4 is 5.32 Å². The molecule has 0 radical (unpaired) electrons. The zero-order valence-electron chi connectivity index (χ0n) is 17.0. The number of likely N-dealkylation sites (N-methyl/N-ethyl adjacent to an activating group) is 1. The highest BCUT2D eigenvalue weighted by molar-refractivity contribution is 5.86. The summed E-state index contributed by atoms with van der Waals surface area (Å²) < 4.78 is 5.34. The minimum atomic E-state index is -0.695. The van der Waals surface area contributed by atoms with Crippen LogP contribution in [0.25, 0.3) is 0 Å². The quantitative estimate of drug-likeness (QED) is 0.797. The highest BCUT2D eigenvalue weighted by Gasteiger charge is 2.26. The fourth-order valence-electron chi connectivity index (χ4n) is 2.72. The Morgan fingerprint density at radius 3 is 2.32 bits per heavy atom. The normalized spacial score (nSPS) is 12.1. The van der Waals surface area contributed by atoms with E-state index >= 15 is 0 Å². The number of nitrogens with zero attached hydrogens (tertiary/aromatic N) is 2. The molecular formula is C22H29N3O3. The van der Waals surface area contributed by atoms with Gasteiger partial charge in [-0.1, -0.05) is 30.3 Å². The number of aromatic nitrogens is 1. The molecule has 6 nitrogen and oxygen atoms in total. The maximum absolute atomic E-state index is 13.0. The molecule has 1 aromatic heterocycles. The van der Waals surface area contributed by atoms with E-state index in [0.717, 1.165) is 17.5 Å². The van der Waals surface area contributed by atoms with Gasteiger partial charge < -0.3 is 15.0 Å². The number of hydrogen-bond donors (Lipinski definition) is 1. The molecule has 0 aliphatic carbocycles. The van der Waals surface area contributed by atoms with Crippen LogP contribution in [0.4, 0.5) is 4.79 Å². The molecule has 1 atom stereocenters. The second-order valence-corrected chi connectivity index (χ2v) is 7.75. The van der Waals surface area contributed by atoms with Gasteiger partial charge in [-0.2, -0.15) is 0 Å². The molecule has 0 saturated carbocycles. The SMILES string of the molecule is CN(CCc1ccncc1)C(=O)C(Cc1ccccc1)NC(=O)OC(C)(C)C. The first-order valence-corrected chi connectivity index (χ1v) is 9.42. The molecule has 1 aromatic carbocycles. The van der Waals surface area contributed by atoms with Gasteiger partial charge in [0.05, 0.1) is 0 Å². The third-order valence-corrected chi connectivity index (χ3v) is 4.13. The lowest BCUT2D eigenvalue weighted by atomic mass is 10.0. The van der Waals surface area contributed by atoms with E-state index in [1.807, 2.05) is 42.5 Å². The first kappa shape index (κ1) is 21.4. The Labute approximate surface area is 166 Å². The van der Waals surface area contributed by atoms with E-state index in [-0.39, 0.29) is 5.91 Å². The summed E-state index contributed by atoms with van der Waals surface area (Å²) in [5.41, 5.74) is 1.45. The van der Waals surface area contributed by atoms with Gasteiger partial charge in [-0.15, -0.1) is 0 Å². The number of benzene rings is 1. The highest BCUT2D eigenvalue weighted by atomic mass is 16.6. The molecule has 0 fully saturated rings. The first-order chi connectivity index (χ1) is 13.2. The molecule has 0 aliphatic heterocycles. The number of carbonyl (C=O) groups excluding carboxylic acids is 2. The van der Waals surface area contributed by atoms with Crippen molar-refractivity contribution in [2.75, 3.05) is 13.6 Å². The Hall–Kier alpha value is -2.89. The lowest BCUT2D eigenvalue weighted by Gasteiger charge is -2.26. The van der Waals surface area contributed by atoms with Crippen LogP contribution in [0.3, 0.4) is 0 Å². The Morgan fingerprint density at radius 2 is 1.71 bits per heavy atom. The Kier molecular flexibility index (Phi) is 7.55. The summed E-state index contributed by atoms with van der Waals surface area (Å²) in [5.74, 6) is -0.149. The molecule has 1 unspecified atom stereocenters. The number of pyridine rings is 1. The molecule has 1 heterocycles. The number of rotatable bonds is 7. The van der Waals surface area contributed by atoms with Gasteiger partial charge in [0.1, 0.15) is 11.6 Å². The summed E-state index contributed by atoms with van der Waals surface area (Å²) in [6, 6.07) is 12.8. The Bertz CT molecular complexity index is 758. The van der Waals surface area contributed by atoms with Crippen molar-refractivity contribution in [2.24, 2.45) is 0 Å². The third-order valence-electron chi connectivity index (χ3n) is 4.13. The van der Waals surface area contributed by atoms with E-state index < -0.39 is 17.7 Å². The maximum atomic E-state index is 13.0. The average molecular weight is 383 g/mol. The molecule has 2 rings (SSSR count). The van der Waals surface area contributed by atoms with Crippen LogP contribution in [-0.2, 0) is 22.4 Å². The van der Waals surface area contributed by atoms with E-state index in [4.69, 9.17) is 4.74 Å². The maximum Gasteiger partial charge on any atom is 0.408 e. The fraction of sp³-hybridized carbons (Fsp3) is 0.409. The van der Waals surface area contributed by atoms with Crippen LogP contribution in [0.5, 0.6) is 0 Å². The van der Waals surface area contributed by atoms with E-state index in [9.17, 15) is 9.59 Å². The van der Waals surface area contributed by atoms with Gasteiger partial charge >= 0.3 is 6.09 Å². The van der Waals surface area contributed by atoms with Crippen LogP contribution in [0.15, 0.2) is 54.9 Å².